The second-order valence-electron chi connectivity index (χ2n) is 6.19. The summed E-state index contributed by atoms with van der Waals surface area (Å²) in [6.07, 6.45) is 7.02. The normalized spacial score (nSPS) is 18.0. The molecule has 1 aliphatic heterocycles. The van der Waals surface area contributed by atoms with E-state index in [-0.39, 0.29) is 5.91 Å². The van der Waals surface area contributed by atoms with Crippen LogP contribution < -0.4 is 5.32 Å². The zero-order valence-corrected chi connectivity index (χ0v) is 13.8. The predicted octanol–water partition coefficient (Wildman–Crippen LogP) is 2.74. The van der Waals surface area contributed by atoms with Gasteiger partial charge in [0.25, 0.3) is 5.91 Å². The molecule has 3 heterocycles. The molecule has 1 aliphatic carbocycles. The molecule has 6 heteroatoms. The summed E-state index contributed by atoms with van der Waals surface area (Å²) in [6, 6.07) is 4.38. The summed E-state index contributed by atoms with van der Waals surface area (Å²) in [7, 11) is 0. The summed E-state index contributed by atoms with van der Waals surface area (Å²) < 4.78 is 0. The van der Waals surface area contributed by atoms with Gasteiger partial charge in [-0.3, -0.25) is 4.79 Å². The first kappa shape index (κ1) is 14.6. The lowest BCUT2D eigenvalue weighted by molar-refractivity contribution is 0.0768. The molecule has 0 unspecified atom stereocenters. The van der Waals surface area contributed by atoms with Crippen molar-refractivity contribution >= 4 is 23.1 Å². The number of nitrogens with zero attached hydrogens (tertiary/aromatic N) is 3. The number of thiophene rings is 1. The minimum atomic E-state index is 0.134. The third-order valence-electron chi connectivity index (χ3n) is 4.75. The van der Waals surface area contributed by atoms with Crippen LogP contribution in [0.15, 0.2) is 23.8 Å². The second-order valence-corrected chi connectivity index (χ2v) is 7.14. The zero-order chi connectivity index (χ0) is 15.6. The SMILES string of the molecule is O=C(c1cccs1)N1CCc2ncnc(NC3CCC3)c2CC1. The van der Waals surface area contributed by atoms with Crippen LogP contribution in [0.4, 0.5) is 5.82 Å². The first-order valence-electron chi connectivity index (χ1n) is 8.23. The molecule has 0 aromatic carbocycles. The Kier molecular flexibility index (Phi) is 3.99. The number of aromatic nitrogens is 2. The topological polar surface area (TPSA) is 58.1 Å². The fourth-order valence-corrected chi connectivity index (χ4v) is 3.85. The van der Waals surface area contributed by atoms with Crippen molar-refractivity contribution < 1.29 is 4.79 Å². The Morgan fingerprint density at radius 3 is 2.87 bits per heavy atom. The van der Waals surface area contributed by atoms with Crippen LogP contribution in [-0.2, 0) is 12.8 Å². The van der Waals surface area contributed by atoms with E-state index in [1.165, 1.54) is 36.2 Å². The number of nitrogens with one attached hydrogen (secondary N) is 1. The summed E-state index contributed by atoms with van der Waals surface area (Å²) in [4.78, 5) is 24.2. The van der Waals surface area contributed by atoms with Gasteiger partial charge in [0.2, 0.25) is 0 Å². The molecule has 4 rings (SSSR count). The van der Waals surface area contributed by atoms with E-state index in [9.17, 15) is 4.79 Å². The van der Waals surface area contributed by atoms with Gasteiger partial charge in [-0.05, 0) is 37.1 Å². The maximum absolute atomic E-state index is 12.6. The minimum absolute atomic E-state index is 0.134. The zero-order valence-electron chi connectivity index (χ0n) is 13.0. The molecule has 0 saturated heterocycles. The quantitative estimate of drug-likeness (QED) is 0.941. The van der Waals surface area contributed by atoms with Crippen molar-refractivity contribution in [2.24, 2.45) is 0 Å². The molecule has 120 valence electrons. The molecule has 2 aromatic rings. The van der Waals surface area contributed by atoms with Crippen LogP contribution in [-0.4, -0.2) is 39.9 Å². The van der Waals surface area contributed by atoms with E-state index in [4.69, 9.17) is 0 Å². The highest BCUT2D eigenvalue weighted by Crippen LogP contribution is 2.27. The van der Waals surface area contributed by atoms with E-state index in [2.05, 4.69) is 15.3 Å². The lowest BCUT2D eigenvalue weighted by atomic mass is 9.93. The minimum Gasteiger partial charge on any atom is -0.367 e. The molecule has 2 aromatic heterocycles. The number of anilines is 1. The van der Waals surface area contributed by atoms with Gasteiger partial charge in [0.15, 0.2) is 0 Å². The number of hydrogen-bond donors (Lipinski definition) is 1. The average molecular weight is 328 g/mol. The van der Waals surface area contributed by atoms with Crippen LogP contribution in [0.25, 0.3) is 0 Å². The average Bonchev–Trinajstić information content (AvgIpc) is 2.97. The summed E-state index contributed by atoms with van der Waals surface area (Å²) in [5.74, 6) is 1.11. The third-order valence-corrected chi connectivity index (χ3v) is 5.61. The summed E-state index contributed by atoms with van der Waals surface area (Å²) in [6.45, 7) is 1.46. The molecule has 2 aliphatic rings. The van der Waals surface area contributed by atoms with Gasteiger partial charge in [0.05, 0.1) is 10.6 Å². The largest absolute Gasteiger partial charge is 0.367 e. The van der Waals surface area contributed by atoms with E-state index in [1.807, 2.05) is 22.4 Å². The highest BCUT2D eigenvalue weighted by molar-refractivity contribution is 7.12. The standard InChI is InChI=1S/C17H20N4OS/c22-17(15-5-2-10-23-15)21-8-6-13-14(7-9-21)18-11-19-16(13)20-12-3-1-4-12/h2,5,10-12H,1,3-4,6-9H2,(H,18,19,20). The number of carbonyl (C=O) groups is 1. The lowest BCUT2D eigenvalue weighted by Gasteiger charge is -2.28. The number of rotatable bonds is 3. The van der Waals surface area contributed by atoms with Crippen molar-refractivity contribution in [2.45, 2.75) is 38.1 Å². The number of amides is 1. The Bertz CT molecular complexity index is 697. The smallest absolute Gasteiger partial charge is 0.263 e. The van der Waals surface area contributed by atoms with Crippen LogP contribution >= 0.6 is 11.3 Å². The Balaban J connectivity index is 1.51. The van der Waals surface area contributed by atoms with E-state index >= 15 is 0 Å². The molecule has 23 heavy (non-hydrogen) atoms. The molecule has 1 fully saturated rings. The van der Waals surface area contributed by atoms with Crippen LogP contribution in [0, 0.1) is 0 Å². The van der Waals surface area contributed by atoms with Gasteiger partial charge in [-0.25, -0.2) is 9.97 Å². The van der Waals surface area contributed by atoms with Crippen molar-refractivity contribution in [2.75, 3.05) is 18.4 Å². The maximum atomic E-state index is 12.6. The molecule has 5 nitrogen and oxygen atoms in total. The Morgan fingerprint density at radius 1 is 1.26 bits per heavy atom. The van der Waals surface area contributed by atoms with Crippen LogP contribution in [0.5, 0.6) is 0 Å². The Labute approximate surface area is 139 Å². The van der Waals surface area contributed by atoms with E-state index in [0.29, 0.717) is 6.04 Å². The van der Waals surface area contributed by atoms with Crippen LogP contribution in [0.3, 0.4) is 0 Å². The number of fused-ring (bicyclic) bond motifs is 1. The highest BCUT2D eigenvalue weighted by atomic mass is 32.1. The molecule has 0 bridgehead atoms. The molecule has 0 atom stereocenters. The maximum Gasteiger partial charge on any atom is 0.263 e. The van der Waals surface area contributed by atoms with Gasteiger partial charge in [-0.2, -0.15) is 0 Å². The number of hydrogen-bond acceptors (Lipinski definition) is 5. The van der Waals surface area contributed by atoms with Crippen molar-refractivity contribution in [3.63, 3.8) is 0 Å². The van der Waals surface area contributed by atoms with Gasteiger partial charge in [0, 0.05) is 31.1 Å². The fraction of sp³-hybridized carbons (Fsp3) is 0.471. The van der Waals surface area contributed by atoms with E-state index < -0.39 is 0 Å². The van der Waals surface area contributed by atoms with Crippen LogP contribution in [0.2, 0.25) is 0 Å². The summed E-state index contributed by atoms with van der Waals surface area (Å²) >= 11 is 1.51. The summed E-state index contributed by atoms with van der Waals surface area (Å²) in [5, 5.41) is 5.50. The van der Waals surface area contributed by atoms with Crippen molar-refractivity contribution in [3.05, 3.63) is 40.0 Å². The monoisotopic (exact) mass is 328 g/mol. The Hall–Kier alpha value is -1.95. The summed E-state index contributed by atoms with van der Waals surface area (Å²) in [5.41, 5.74) is 2.28. The van der Waals surface area contributed by atoms with Crippen molar-refractivity contribution in [1.29, 1.82) is 0 Å². The van der Waals surface area contributed by atoms with E-state index in [1.54, 1.807) is 6.33 Å². The van der Waals surface area contributed by atoms with Crippen LogP contribution in [0.1, 0.15) is 40.2 Å². The molecule has 1 amide bonds. The first-order chi connectivity index (χ1) is 11.3. The van der Waals surface area contributed by atoms with Gasteiger partial charge in [0.1, 0.15) is 12.1 Å². The molecule has 1 N–H and O–H groups in total. The molecular weight excluding hydrogens is 308 g/mol. The molecule has 1 saturated carbocycles. The Morgan fingerprint density at radius 2 is 2.13 bits per heavy atom. The molecule has 0 spiro atoms. The van der Waals surface area contributed by atoms with E-state index in [0.717, 1.165) is 42.3 Å². The molecule has 0 radical (unpaired) electrons. The fourth-order valence-electron chi connectivity index (χ4n) is 3.16. The van der Waals surface area contributed by atoms with Crippen molar-refractivity contribution in [1.82, 2.24) is 14.9 Å². The molecular formula is C17H20N4OS. The van der Waals surface area contributed by atoms with Gasteiger partial charge < -0.3 is 10.2 Å². The third kappa shape index (κ3) is 2.95. The van der Waals surface area contributed by atoms with Gasteiger partial charge >= 0.3 is 0 Å². The number of carbonyl (C=O) groups excluding carboxylic acids is 1. The predicted molar refractivity (Wildman–Crippen MR) is 90.9 cm³/mol. The lowest BCUT2D eigenvalue weighted by Crippen LogP contribution is -2.32. The second kappa shape index (κ2) is 6.28. The van der Waals surface area contributed by atoms with Gasteiger partial charge in [-0.1, -0.05) is 6.07 Å². The first-order valence-corrected chi connectivity index (χ1v) is 9.11. The van der Waals surface area contributed by atoms with Crippen molar-refractivity contribution in [3.8, 4) is 0 Å². The van der Waals surface area contributed by atoms with Gasteiger partial charge in [-0.15, -0.1) is 11.3 Å². The highest BCUT2D eigenvalue weighted by Gasteiger charge is 2.25.